The minimum Gasteiger partial charge on any atom is -0.311 e. The highest BCUT2D eigenvalue weighted by atomic mass is 35.5. The number of amides is 1. The predicted octanol–water partition coefficient (Wildman–Crippen LogP) is 3.29. The second-order valence-corrected chi connectivity index (χ2v) is 7.94. The van der Waals surface area contributed by atoms with Gasteiger partial charge in [-0.15, -0.1) is 0 Å². The summed E-state index contributed by atoms with van der Waals surface area (Å²) in [5.74, 6) is -0.143. The van der Waals surface area contributed by atoms with Gasteiger partial charge in [-0.25, -0.2) is 13.1 Å². The molecule has 0 saturated carbocycles. The van der Waals surface area contributed by atoms with Crippen LogP contribution in [0.2, 0.25) is 5.02 Å². The number of rotatable bonds is 6. The third kappa shape index (κ3) is 4.81. The number of carbonyl (C=O) groups excluding carboxylic acids is 1. The largest absolute Gasteiger partial charge is 0.311 e. The monoisotopic (exact) mass is 380 g/mol. The van der Waals surface area contributed by atoms with Gasteiger partial charge in [-0.1, -0.05) is 29.8 Å². The Kier molecular flexibility index (Phi) is 6.21. The van der Waals surface area contributed by atoms with Crippen LogP contribution < -0.4 is 9.62 Å². The zero-order valence-electron chi connectivity index (χ0n) is 14.4. The van der Waals surface area contributed by atoms with Gasteiger partial charge in [0.15, 0.2) is 0 Å². The van der Waals surface area contributed by atoms with Crippen molar-refractivity contribution in [1.82, 2.24) is 4.72 Å². The van der Waals surface area contributed by atoms with Crippen molar-refractivity contribution in [3.63, 3.8) is 0 Å². The summed E-state index contributed by atoms with van der Waals surface area (Å²) in [5, 5.41) is 0.515. The quantitative estimate of drug-likeness (QED) is 0.836. The van der Waals surface area contributed by atoms with Gasteiger partial charge in [0, 0.05) is 30.7 Å². The lowest BCUT2D eigenvalue weighted by Crippen LogP contribution is -2.37. The van der Waals surface area contributed by atoms with Crippen molar-refractivity contribution in [2.75, 3.05) is 18.0 Å². The normalized spacial score (nSPS) is 11.4. The number of benzene rings is 2. The zero-order chi connectivity index (χ0) is 18.6. The zero-order valence-corrected chi connectivity index (χ0v) is 16.0. The van der Waals surface area contributed by atoms with E-state index in [4.69, 9.17) is 11.6 Å². The van der Waals surface area contributed by atoms with E-state index in [0.717, 1.165) is 11.3 Å². The molecule has 0 aliphatic rings. The molecule has 0 radical (unpaired) electrons. The van der Waals surface area contributed by atoms with Gasteiger partial charge in [-0.3, -0.25) is 4.79 Å². The summed E-state index contributed by atoms with van der Waals surface area (Å²) < 4.78 is 27.3. The first-order valence-corrected chi connectivity index (χ1v) is 9.68. The second kappa shape index (κ2) is 7.99. The van der Waals surface area contributed by atoms with Gasteiger partial charge in [0.2, 0.25) is 15.9 Å². The van der Waals surface area contributed by atoms with Gasteiger partial charge in [-0.2, -0.15) is 0 Å². The van der Waals surface area contributed by atoms with Gasteiger partial charge in [0.25, 0.3) is 0 Å². The first-order chi connectivity index (χ1) is 11.7. The van der Waals surface area contributed by atoms with Gasteiger partial charge >= 0.3 is 0 Å². The molecule has 0 aromatic heterocycles. The molecular formula is C18H21ClN2O3S. The average Bonchev–Trinajstić information content (AvgIpc) is 2.54. The SMILES string of the molecule is CC(=O)N(CCNS(=O)(=O)c1ccc(Cl)c(C)c1)c1ccccc1C. The number of anilines is 1. The Hall–Kier alpha value is -1.89. The van der Waals surface area contributed by atoms with Crippen molar-refractivity contribution in [3.05, 3.63) is 58.6 Å². The summed E-state index contributed by atoms with van der Waals surface area (Å²) in [5.41, 5.74) is 2.42. The first-order valence-electron chi connectivity index (χ1n) is 7.82. The van der Waals surface area contributed by atoms with E-state index in [0.29, 0.717) is 10.6 Å². The van der Waals surface area contributed by atoms with Crippen molar-refractivity contribution in [1.29, 1.82) is 0 Å². The molecule has 0 atom stereocenters. The topological polar surface area (TPSA) is 66.5 Å². The molecular weight excluding hydrogens is 360 g/mol. The Labute approximate surface area is 153 Å². The van der Waals surface area contributed by atoms with Crippen LogP contribution in [0.25, 0.3) is 0 Å². The molecule has 25 heavy (non-hydrogen) atoms. The van der Waals surface area contributed by atoms with E-state index in [1.54, 1.807) is 17.9 Å². The van der Waals surface area contributed by atoms with Gasteiger partial charge < -0.3 is 4.90 Å². The summed E-state index contributed by atoms with van der Waals surface area (Å²) in [7, 11) is -3.66. The second-order valence-electron chi connectivity index (χ2n) is 5.77. The third-order valence-electron chi connectivity index (χ3n) is 3.85. The molecule has 1 N–H and O–H groups in total. The number of sulfonamides is 1. The fraction of sp³-hybridized carbons (Fsp3) is 0.278. The molecule has 0 heterocycles. The van der Waals surface area contributed by atoms with Crippen LogP contribution >= 0.6 is 11.6 Å². The Morgan fingerprint density at radius 1 is 1.12 bits per heavy atom. The van der Waals surface area contributed by atoms with E-state index in [1.165, 1.54) is 19.1 Å². The summed E-state index contributed by atoms with van der Waals surface area (Å²) in [6.45, 7) is 5.47. The third-order valence-corrected chi connectivity index (χ3v) is 5.74. The Morgan fingerprint density at radius 2 is 1.80 bits per heavy atom. The summed E-state index contributed by atoms with van der Waals surface area (Å²) >= 11 is 5.93. The minimum absolute atomic E-state index is 0.109. The minimum atomic E-state index is -3.66. The summed E-state index contributed by atoms with van der Waals surface area (Å²) in [6.07, 6.45) is 0. The number of carbonyl (C=O) groups is 1. The van der Waals surface area contributed by atoms with E-state index in [9.17, 15) is 13.2 Å². The predicted molar refractivity (Wildman–Crippen MR) is 101 cm³/mol. The standard InChI is InChI=1S/C18H21ClN2O3S/c1-13-6-4-5-7-18(13)21(15(3)22)11-10-20-25(23,24)16-8-9-17(19)14(2)12-16/h4-9,12,20H,10-11H2,1-3H3. The Morgan fingerprint density at radius 3 is 2.40 bits per heavy atom. The lowest BCUT2D eigenvalue weighted by molar-refractivity contribution is -0.116. The first kappa shape index (κ1) is 19.4. The summed E-state index contributed by atoms with van der Waals surface area (Å²) in [4.78, 5) is 13.7. The van der Waals surface area contributed by atoms with Crippen LogP contribution in [0.4, 0.5) is 5.69 Å². The molecule has 2 aromatic rings. The molecule has 0 aliphatic heterocycles. The van der Waals surface area contributed by atoms with Crippen LogP contribution in [-0.4, -0.2) is 27.4 Å². The van der Waals surface area contributed by atoms with Crippen molar-refractivity contribution in [2.45, 2.75) is 25.7 Å². The maximum absolute atomic E-state index is 12.4. The molecule has 1 amide bonds. The highest BCUT2D eigenvalue weighted by molar-refractivity contribution is 7.89. The highest BCUT2D eigenvalue weighted by Gasteiger charge is 2.17. The fourth-order valence-electron chi connectivity index (χ4n) is 2.47. The van der Waals surface area contributed by atoms with Crippen LogP contribution in [-0.2, 0) is 14.8 Å². The van der Waals surface area contributed by atoms with E-state index in [2.05, 4.69) is 4.72 Å². The molecule has 0 fully saturated rings. The van der Waals surface area contributed by atoms with Crippen LogP contribution in [0.5, 0.6) is 0 Å². The summed E-state index contributed by atoms with van der Waals surface area (Å²) in [6, 6.07) is 12.0. The van der Waals surface area contributed by atoms with Gasteiger partial charge in [0.1, 0.15) is 0 Å². The van der Waals surface area contributed by atoms with Gasteiger partial charge in [-0.05, 0) is 49.2 Å². The van der Waals surface area contributed by atoms with Crippen LogP contribution in [0.15, 0.2) is 47.4 Å². The molecule has 0 spiro atoms. The number of nitrogens with zero attached hydrogens (tertiary/aromatic N) is 1. The van der Waals surface area contributed by atoms with E-state index in [-0.39, 0.29) is 23.9 Å². The molecule has 0 unspecified atom stereocenters. The molecule has 2 rings (SSSR count). The highest BCUT2D eigenvalue weighted by Crippen LogP contribution is 2.20. The van der Waals surface area contributed by atoms with Gasteiger partial charge in [0.05, 0.1) is 4.90 Å². The van der Waals surface area contributed by atoms with Crippen molar-refractivity contribution >= 4 is 33.2 Å². The van der Waals surface area contributed by atoms with Crippen LogP contribution in [0.3, 0.4) is 0 Å². The molecule has 0 bridgehead atoms. The molecule has 134 valence electrons. The maximum atomic E-state index is 12.4. The molecule has 0 saturated heterocycles. The van der Waals surface area contributed by atoms with Crippen LogP contribution in [0, 0.1) is 13.8 Å². The van der Waals surface area contributed by atoms with Crippen molar-refractivity contribution in [3.8, 4) is 0 Å². The lowest BCUT2D eigenvalue weighted by atomic mass is 10.2. The lowest BCUT2D eigenvalue weighted by Gasteiger charge is -2.23. The van der Waals surface area contributed by atoms with E-state index >= 15 is 0 Å². The maximum Gasteiger partial charge on any atom is 0.240 e. The average molecular weight is 381 g/mol. The number of nitrogens with one attached hydrogen (secondary N) is 1. The van der Waals surface area contributed by atoms with Crippen molar-refractivity contribution < 1.29 is 13.2 Å². The number of hydrogen-bond acceptors (Lipinski definition) is 3. The molecule has 0 aliphatic carbocycles. The number of aryl methyl sites for hydroxylation is 2. The Bertz CT molecular complexity index is 882. The molecule has 5 nitrogen and oxygen atoms in total. The number of para-hydroxylation sites is 1. The smallest absolute Gasteiger partial charge is 0.240 e. The molecule has 7 heteroatoms. The van der Waals surface area contributed by atoms with E-state index in [1.807, 2.05) is 31.2 Å². The van der Waals surface area contributed by atoms with E-state index < -0.39 is 10.0 Å². The van der Waals surface area contributed by atoms with Crippen molar-refractivity contribution in [2.24, 2.45) is 0 Å². The Balaban J connectivity index is 2.10. The number of hydrogen-bond donors (Lipinski definition) is 1. The van der Waals surface area contributed by atoms with Crippen LogP contribution in [0.1, 0.15) is 18.1 Å². The molecule has 2 aromatic carbocycles. The number of halogens is 1. The fourth-order valence-corrected chi connectivity index (χ4v) is 3.70.